The number of pyridine rings is 1. The van der Waals surface area contributed by atoms with E-state index in [4.69, 9.17) is 0 Å². The molecule has 2 aromatic heterocycles. The Balaban J connectivity index is 1.64. The molecule has 26 heavy (non-hydrogen) atoms. The molecule has 1 saturated carbocycles. The highest BCUT2D eigenvalue weighted by Crippen LogP contribution is 2.38. The lowest BCUT2D eigenvalue weighted by Gasteiger charge is -2.38. The minimum Gasteiger partial charge on any atom is -0.393 e. The third kappa shape index (κ3) is 3.21. The van der Waals surface area contributed by atoms with Crippen molar-refractivity contribution in [2.24, 2.45) is 5.92 Å². The molecule has 3 aromatic rings. The van der Waals surface area contributed by atoms with Gasteiger partial charge in [0.2, 0.25) is 0 Å². The van der Waals surface area contributed by atoms with Crippen molar-refractivity contribution in [2.45, 2.75) is 25.0 Å². The molecule has 4 rings (SSSR count). The fourth-order valence-electron chi connectivity index (χ4n) is 3.32. The average Bonchev–Trinajstić information content (AvgIpc) is 2.64. The molecule has 0 radical (unpaired) electrons. The second-order valence-corrected chi connectivity index (χ2v) is 6.59. The summed E-state index contributed by atoms with van der Waals surface area (Å²) in [6.45, 7) is 0. The Morgan fingerprint density at radius 2 is 2.04 bits per heavy atom. The number of H-pyrrole nitrogens is 1. The molecular formula is C19H18N4O3. The molecular weight excluding hydrogens is 332 g/mol. The summed E-state index contributed by atoms with van der Waals surface area (Å²) in [4.78, 5) is 34.5. The SMILES string of the molecule is O=C(NC(c1cnc2ccccc2c1)C1CC(O)C1)c1c[nH]c(=O)cn1. The Morgan fingerprint density at radius 1 is 1.23 bits per heavy atom. The number of para-hydroxylation sites is 1. The van der Waals surface area contributed by atoms with Gasteiger partial charge in [-0.2, -0.15) is 0 Å². The number of aromatic nitrogens is 3. The first-order chi connectivity index (χ1) is 12.6. The van der Waals surface area contributed by atoms with Gasteiger partial charge in [0.1, 0.15) is 5.69 Å². The highest BCUT2D eigenvalue weighted by Gasteiger charge is 2.36. The number of aliphatic hydroxyl groups is 1. The zero-order valence-electron chi connectivity index (χ0n) is 13.9. The Labute approximate surface area is 149 Å². The number of rotatable bonds is 4. The first kappa shape index (κ1) is 16.4. The van der Waals surface area contributed by atoms with E-state index in [2.05, 4.69) is 20.3 Å². The average molecular weight is 350 g/mol. The second kappa shape index (κ2) is 6.68. The van der Waals surface area contributed by atoms with E-state index in [1.165, 1.54) is 6.20 Å². The summed E-state index contributed by atoms with van der Waals surface area (Å²) in [7, 11) is 0. The molecule has 1 unspecified atom stereocenters. The maximum atomic E-state index is 12.6. The van der Waals surface area contributed by atoms with Gasteiger partial charge in [0.05, 0.1) is 23.9 Å². The van der Waals surface area contributed by atoms with Crippen LogP contribution in [-0.2, 0) is 0 Å². The molecule has 0 aliphatic heterocycles. The molecule has 1 aliphatic rings. The lowest BCUT2D eigenvalue weighted by molar-refractivity contribution is 0.0234. The fourth-order valence-corrected chi connectivity index (χ4v) is 3.32. The monoisotopic (exact) mass is 350 g/mol. The minimum absolute atomic E-state index is 0.125. The van der Waals surface area contributed by atoms with Gasteiger partial charge in [0.15, 0.2) is 0 Å². The molecule has 0 saturated heterocycles. The van der Waals surface area contributed by atoms with Crippen LogP contribution in [0.4, 0.5) is 0 Å². The molecule has 1 fully saturated rings. The zero-order chi connectivity index (χ0) is 18.1. The molecule has 2 heterocycles. The van der Waals surface area contributed by atoms with Gasteiger partial charge >= 0.3 is 0 Å². The third-order valence-corrected chi connectivity index (χ3v) is 4.78. The van der Waals surface area contributed by atoms with Crippen LogP contribution in [0.2, 0.25) is 0 Å². The van der Waals surface area contributed by atoms with Crippen molar-refractivity contribution in [3.05, 3.63) is 70.5 Å². The highest BCUT2D eigenvalue weighted by molar-refractivity contribution is 5.92. The Bertz CT molecular complexity index is 990. The van der Waals surface area contributed by atoms with Crippen LogP contribution in [0.1, 0.15) is 34.9 Å². The molecule has 1 aliphatic carbocycles. The molecule has 3 N–H and O–H groups in total. The van der Waals surface area contributed by atoms with Crippen LogP contribution in [0, 0.1) is 5.92 Å². The number of nitrogens with one attached hydrogen (secondary N) is 2. The van der Waals surface area contributed by atoms with Gasteiger partial charge in [-0.3, -0.25) is 14.6 Å². The fraction of sp³-hybridized carbons (Fsp3) is 0.263. The van der Waals surface area contributed by atoms with Crippen LogP contribution in [0.15, 0.2) is 53.7 Å². The Morgan fingerprint density at radius 3 is 2.77 bits per heavy atom. The topological polar surface area (TPSA) is 108 Å². The molecule has 0 bridgehead atoms. The number of nitrogens with zero attached hydrogens (tertiary/aromatic N) is 2. The number of aromatic amines is 1. The molecule has 1 aromatic carbocycles. The molecule has 1 amide bonds. The van der Waals surface area contributed by atoms with Crippen LogP contribution >= 0.6 is 0 Å². The molecule has 7 heteroatoms. The molecule has 132 valence electrons. The maximum Gasteiger partial charge on any atom is 0.271 e. The summed E-state index contributed by atoms with van der Waals surface area (Å²) in [5, 5.41) is 13.7. The van der Waals surface area contributed by atoms with Crippen molar-refractivity contribution in [3.63, 3.8) is 0 Å². The molecule has 0 spiro atoms. The second-order valence-electron chi connectivity index (χ2n) is 6.59. The van der Waals surface area contributed by atoms with E-state index < -0.39 is 0 Å². The Kier molecular flexibility index (Phi) is 4.22. The summed E-state index contributed by atoms with van der Waals surface area (Å²) < 4.78 is 0. The summed E-state index contributed by atoms with van der Waals surface area (Å²) in [5.74, 6) is -0.250. The molecule has 7 nitrogen and oxygen atoms in total. The predicted octanol–water partition coefficient (Wildman–Crippen LogP) is 1.56. The molecule has 1 atom stereocenters. The quantitative estimate of drug-likeness (QED) is 0.662. The van der Waals surface area contributed by atoms with E-state index >= 15 is 0 Å². The van der Waals surface area contributed by atoms with Gasteiger partial charge in [-0.15, -0.1) is 0 Å². The van der Waals surface area contributed by atoms with Crippen molar-refractivity contribution in [2.75, 3.05) is 0 Å². The van der Waals surface area contributed by atoms with Gasteiger partial charge in [-0.1, -0.05) is 18.2 Å². The summed E-state index contributed by atoms with van der Waals surface area (Å²) >= 11 is 0. The lowest BCUT2D eigenvalue weighted by atomic mass is 9.75. The number of fused-ring (bicyclic) bond motifs is 1. The number of benzene rings is 1. The smallest absolute Gasteiger partial charge is 0.271 e. The summed E-state index contributed by atoms with van der Waals surface area (Å²) in [5.41, 5.74) is 1.55. The van der Waals surface area contributed by atoms with E-state index in [0.29, 0.717) is 12.8 Å². The van der Waals surface area contributed by atoms with Crippen LogP contribution in [0.3, 0.4) is 0 Å². The van der Waals surface area contributed by atoms with Crippen LogP contribution in [0.5, 0.6) is 0 Å². The standard InChI is InChI=1S/C19H18N4O3/c24-14-6-12(7-14)18(23-19(26)16-9-22-17(25)10-21-16)13-5-11-3-1-2-4-15(11)20-8-13/h1-5,8-10,12,14,18,24H,6-7H2,(H,22,25)(H,23,26). The van der Waals surface area contributed by atoms with Gasteiger partial charge in [0.25, 0.3) is 11.5 Å². The van der Waals surface area contributed by atoms with Crippen molar-refractivity contribution in [1.29, 1.82) is 0 Å². The van der Waals surface area contributed by atoms with E-state index in [0.717, 1.165) is 22.7 Å². The van der Waals surface area contributed by atoms with E-state index in [1.807, 2.05) is 30.3 Å². The highest BCUT2D eigenvalue weighted by atomic mass is 16.3. The van der Waals surface area contributed by atoms with Gasteiger partial charge in [-0.25, -0.2) is 4.98 Å². The number of carbonyl (C=O) groups excluding carboxylic acids is 1. The van der Waals surface area contributed by atoms with Crippen LogP contribution in [-0.4, -0.2) is 32.1 Å². The van der Waals surface area contributed by atoms with Crippen molar-refractivity contribution >= 4 is 16.8 Å². The number of carbonyl (C=O) groups is 1. The first-order valence-corrected chi connectivity index (χ1v) is 8.48. The third-order valence-electron chi connectivity index (χ3n) is 4.78. The number of hydrogen-bond acceptors (Lipinski definition) is 5. The van der Waals surface area contributed by atoms with Gasteiger partial charge in [-0.05, 0) is 36.5 Å². The largest absolute Gasteiger partial charge is 0.393 e. The van der Waals surface area contributed by atoms with Crippen molar-refractivity contribution in [3.8, 4) is 0 Å². The van der Waals surface area contributed by atoms with Gasteiger partial charge in [0, 0.05) is 17.8 Å². The number of aliphatic hydroxyl groups excluding tert-OH is 1. The van der Waals surface area contributed by atoms with Crippen LogP contribution < -0.4 is 10.9 Å². The first-order valence-electron chi connectivity index (χ1n) is 8.48. The minimum atomic E-state index is -0.374. The van der Waals surface area contributed by atoms with E-state index in [-0.39, 0.29) is 35.2 Å². The number of hydrogen-bond donors (Lipinski definition) is 3. The van der Waals surface area contributed by atoms with Crippen molar-refractivity contribution in [1.82, 2.24) is 20.3 Å². The summed E-state index contributed by atoms with van der Waals surface area (Å²) in [6.07, 6.45) is 5.04. The van der Waals surface area contributed by atoms with Crippen molar-refractivity contribution < 1.29 is 9.90 Å². The van der Waals surface area contributed by atoms with E-state index in [1.54, 1.807) is 6.20 Å². The zero-order valence-corrected chi connectivity index (χ0v) is 13.9. The van der Waals surface area contributed by atoms with E-state index in [9.17, 15) is 14.7 Å². The maximum absolute atomic E-state index is 12.6. The normalized spacial score (nSPS) is 20.3. The Hall–Kier alpha value is -3.06. The lowest BCUT2D eigenvalue weighted by Crippen LogP contribution is -2.41. The number of amides is 1. The predicted molar refractivity (Wildman–Crippen MR) is 95.5 cm³/mol. The van der Waals surface area contributed by atoms with Gasteiger partial charge < -0.3 is 15.4 Å². The van der Waals surface area contributed by atoms with Crippen LogP contribution in [0.25, 0.3) is 10.9 Å². The summed E-state index contributed by atoms with van der Waals surface area (Å²) in [6, 6.07) is 9.51.